The van der Waals surface area contributed by atoms with E-state index in [0.29, 0.717) is 0 Å². The third-order valence-electron chi connectivity index (χ3n) is 6.90. The fourth-order valence-electron chi connectivity index (χ4n) is 5.18. The quantitative estimate of drug-likeness (QED) is 0.283. The third kappa shape index (κ3) is 4.78. The maximum Gasteiger partial charge on any atom is 0.163 e. The van der Waals surface area contributed by atoms with Crippen LogP contribution < -0.4 is 0 Å². The molecule has 0 radical (unpaired) electrons. The molecule has 0 saturated carbocycles. The van der Waals surface area contributed by atoms with Crippen molar-refractivity contribution in [2.24, 2.45) is 5.41 Å². The highest BCUT2D eigenvalue weighted by Gasteiger charge is 2.26. The smallest absolute Gasteiger partial charge is 0.163 e. The van der Waals surface area contributed by atoms with Crippen LogP contribution in [0, 0.1) is 5.41 Å². The summed E-state index contributed by atoms with van der Waals surface area (Å²) in [6.45, 7) is 9.65. The zero-order chi connectivity index (χ0) is 23.6. The number of rotatable bonds is 7. The van der Waals surface area contributed by atoms with Gasteiger partial charge in [0.2, 0.25) is 0 Å². The lowest BCUT2D eigenvalue weighted by atomic mass is 9.72. The Morgan fingerprint density at radius 1 is 0.970 bits per heavy atom. The number of ketones is 2. The van der Waals surface area contributed by atoms with E-state index in [4.69, 9.17) is 0 Å². The van der Waals surface area contributed by atoms with E-state index >= 15 is 0 Å². The Kier molecular flexibility index (Phi) is 6.51. The van der Waals surface area contributed by atoms with Gasteiger partial charge >= 0.3 is 0 Å². The number of aryl methyl sites for hydroxylation is 1. The first kappa shape index (κ1) is 23.0. The van der Waals surface area contributed by atoms with Gasteiger partial charge in [0, 0.05) is 28.4 Å². The third-order valence-corrected chi connectivity index (χ3v) is 6.90. The molecule has 0 N–H and O–H groups in total. The summed E-state index contributed by atoms with van der Waals surface area (Å²) in [5, 5.41) is 2.39. The first-order valence-corrected chi connectivity index (χ1v) is 11.9. The number of hydrogen-bond donors (Lipinski definition) is 0. The molecule has 0 fully saturated rings. The van der Waals surface area contributed by atoms with Gasteiger partial charge in [0.15, 0.2) is 11.6 Å². The van der Waals surface area contributed by atoms with E-state index in [9.17, 15) is 9.59 Å². The second-order valence-electron chi connectivity index (χ2n) is 9.75. The fourth-order valence-corrected chi connectivity index (χ4v) is 5.18. The van der Waals surface area contributed by atoms with E-state index in [2.05, 4.69) is 68.7 Å². The number of carbonyl (C=O) groups excluding carboxylic acids is 2. The molecule has 1 heterocycles. The average Bonchev–Trinajstić information content (AvgIpc) is 3.10. The van der Waals surface area contributed by atoms with Crippen LogP contribution in [0.15, 0.2) is 71.8 Å². The lowest BCUT2D eigenvalue weighted by Crippen LogP contribution is -2.19. The van der Waals surface area contributed by atoms with Gasteiger partial charge in [0.05, 0.1) is 6.42 Å². The van der Waals surface area contributed by atoms with Crippen LogP contribution in [-0.4, -0.2) is 16.1 Å². The average molecular weight is 440 g/mol. The number of para-hydroxylation sites is 1. The molecule has 0 unspecified atom stereocenters. The highest BCUT2D eigenvalue weighted by molar-refractivity contribution is 6.11. The molecule has 0 spiro atoms. The van der Waals surface area contributed by atoms with E-state index in [1.54, 1.807) is 6.08 Å². The summed E-state index contributed by atoms with van der Waals surface area (Å²) in [5.41, 5.74) is 6.05. The molecule has 0 aliphatic heterocycles. The van der Waals surface area contributed by atoms with Crippen molar-refractivity contribution in [3.63, 3.8) is 0 Å². The first-order chi connectivity index (χ1) is 15.8. The van der Waals surface area contributed by atoms with Crippen LogP contribution in [0.3, 0.4) is 0 Å². The van der Waals surface area contributed by atoms with Gasteiger partial charge in [0.1, 0.15) is 0 Å². The van der Waals surface area contributed by atoms with Gasteiger partial charge in [0.25, 0.3) is 0 Å². The molecule has 1 aliphatic carbocycles. The molecule has 0 amide bonds. The molecule has 2 aromatic carbocycles. The van der Waals surface area contributed by atoms with E-state index in [1.165, 1.54) is 45.4 Å². The molecule has 0 saturated heterocycles. The van der Waals surface area contributed by atoms with Crippen molar-refractivity contribution in [3.8, 4) is 0 Å². The maximum absolute atomic E-state index is 12.4. The molecular formula is C30H33NO2. The lowest BCUT2D eigenvalue weighted by Gasteiger charge is -2.32. The van der Waals surface area contributed by atoms with Crippen LogP contribution in [0.25, 0.3) is 27.9 Å². The number of nitrogens with zero attached hydrogens (tertiary/aromatic N) is 1. The summed E-state index contributed by atoms with van der Waals surface area (Å²) < 4.78 is 2.30. The van der Waals surface area contributed by atoms with Crippen LogP contribution in [0.5, 0.6) is 0 Å². The number of carbonyl (C=O) groups is 2. The van der Waals surface area contributed by atoms with Crippen molar-refractivity contribution < 1.29 is 9.59 Å². The molecule has 0 atom stereocenters. The Labute approximate surface area is 196 Å². The number of hydrogen-bond acceptors (Lipinski definition) is 2. The number of benzene rings is 2. The van der Waals surface area contributed by atoms with E-state index in [-0.39, 0.29) is 23.4 Å². The second kappa shape index (κ2) is 9.35. The van der Waals surface area contributed by atoms with Crippen LogP contribution in [0.1, 0.15) is 58.9 Å². The second-order valence-corrected chi connectivity index (χ2v) is 9.75. The topological polar surface area (TPSA) is 39.1 Å². The molecule has 3 nitrogen and oxygen atoms in total. The molecule has 0 bridgehead atoms. The highest BCUT2D eigenvalue weighted by atomic mass is 16.1. The van der Waals surface area contributed by atoms with Crippen LogP contribution >= 0.6 is 0 Å². The van der Waals surface area contributed by atoms with Crippen LogP contribution in [0.2, 0.25) is 0 Å². The van der Waals surface area contributed by atoms with E-state index < -0.39 is 0 Å². The van der Waals surface area contributed by atoms with Gasteiger partial charge in [-0.2, -0.15) is 0 Å². The minimum atomic E-state index is -0.172. The summed E-state index contributed by atoms with van der Waals surface area (Å²) in [5.74, 6) is -0.317. The van der Waals surface area contributed by atoms with Gasteiger partial charge in [-0.05, 0) is 80.0 Å². The molecule has 4 rings (SSSR count). The van der Waals surface area contributed by atoms with Crippen molar-refractivity contribution in [1.82, 2.24) is 4.57 Å². The van der Waals surface area contributed by atoms with Crippen molar-refractivity contribution in [2.45, 2.75) is 59.9 Å². The molecule has 3 aromatic rings. The molecule has 170 valence electrons. The fraction of sp³-hybridized carbons (Fsp3) is 0.333. The zero-order valence-corrected chi connectivity index (χ0v) is 20.2. The van der Waals surface area contributed by atoms with Crippen LogP contribution in [-0.2, 0) is 16.1 Å². The Hall–Kier alpha value is -3.20. The lowest BCUT2D eigenvalue weighted by molar-refractivity contribution is -0.121. The van der Waals surface area contributed by atoms with Crippen molar-refractivity contribution >= 4 is 39.4 Å². The monoisotopic (exact) mass is 439 g/mol. The van der Waals surface area contributed by atoms with Crippen LogP contribution in [0.4, 0.5) is 0 Å². The van der Waals surface area contributed by atoms with Gasteiger partial charge in [-0.1, -0.05) is 55.8 Å². The Morgan fingerprint density at radius 3 is 2.39 bits per heavy atom. The van der Waals surface area contributed by atoms with Crippen molar-refractivity contribution in [2.75, 3.05) is 0 Å². The van der Waals surface area contributed by atoms with E-state index in [1.807, 2.05) is 18.2 Å². The molecule has 1 aliphatic rings. The van der Waals surface area contributed by atoms with Crippen molar-refractivity contribution in [3.05, 3.63) is 77.4 Å². The zero-order valence-electron chi connectivity index (χ0n) is 20.2. The van der Waals surface area contributed by atoms with Crippen molar-refractivity contribution in [1.29, 1.82) is 0 Å². The van der Waals surface area contributed by atoms with Gasteiger partial charge in [-0.25, -0.2) is 0 Å². The Morgan fingerprint density at radius 2 is 1.67 bits per heavy atom. The van der Waals surface area contributed by atoms with E-state index in [0.717, 1.165) is 24.9 Å². The minimum absolute atomic E-state index is 0.0859. The predicted molar refractivity (Wildman–Crippen MR) is 138 cm³/mol. The van der Waals surface area contributed by atoms with Gasteiger partial charge < -0.3 is 4.57 Å². The summed E-state index contributed by atoms with van der Waals surface area (Å²) in [7, 11) is 0. The first-order valence-electron chi connectivity index (χ1n) is 11.9. The minimum Gasteiger partial charge on any atom is -0.341 e. The number of allylic oxidation sites excluding steroid dienone is 5. The van der Waals surface area contributed by atoms with Gasteiger partial charge in [-0.3, -0.25) is 9.59 Å². The number of fused-ring (bicyclic) bond motifs is 3. The molecule has 3 heteroatoms. The number of aromatic nitrogens is 1. The Balaban J connectivity index is 1.47. The summed E-state index contributed by atoms with van der Waals surface area (Å²) in [6, 6.07) is 14.7. The van der Waals surface area contributed by atoms with Gasteiger partial charge in [-0.15, -0.1) is 0 Å². The largest absolute Gasteiger partial charge is 0.341 e. The highest BCUT2D eigenvalue weighted by Crippen LogP contribution is 2.40. The standard InChI is InChI=1S/C30H33NO2/c1-5-31-28-11-7-6-10-25(28)26-19-22(13-17-29(26)31)12-14-23(32)20-24(33)15-16-27-21(2)9-8-18-30(27,3)4/h6-7,10-17,19H,5,8-9,18,20H2,1-4H3. The summed E-state index contributed by atoms with van der Waals surface area (Å²) in [6.07, 6.45) is 10.2. The molecular weight excluding hydrogens is 406 g/mol. The SMILES string of the molecule is CCn1c2ccccc2c2cc(C=CC(=O)CC(=O)C=CC3=C(C)CCCC3(C)C)ccc21. The maximum atomic E-state index is 12.4. The predicted octanol–water partition coefficient (Wildman–Crippen LogP) is 7.44. The normalized spacial score (nSPS) is 16.5. The Bertz CT molecular complexity index is 1310. The summed E-state index contributed by atoms with van der Waals surface area (Å²) in [4.78, 5) is 24.9. The summed E-state index contributed by atoms with van der Waals surface area (Å²) >= 11 is 0. The molecule has 33 heavy (non-hydrogen) atoms. The molecule has 1 aromatic heterocycles.